The van der Waals surface area contributed by atoms with E-state index in [1.54, 1.807) is 18.3 Å². The first-order chi connectivity index (χ1) is 9.18. The summed E-state index contributed by atoms with van der Waals surface area (Å²) < 4.78 is 5.39. The predicted octanol–water partition coefficient (Wildman–Crippen LogP) is 1.43. The van der Waals surface area contributed by atoms with Crippen LogP contribution in [0, 0.1) is 0 Å². The molecule has 3 N–H and O–H groups in total. The van der Waals surface area contributed by atoms with Gasteiger partial charge in [-0.3, -0.25) is 9.69 Å². The van der Waals surface area contributed by atoms with Crippen molar-refractivity contribution in [3.05, 3.63) is 22.4 Å². The van der Waals surface area contributed by atoms with Crippen molar-refractivity contribution in [1.29, 1.82) is 0 Å². The molecule has 0 radical (unpaired) electrons. The maximum Gasteiger partial charge on any atom is 0.236 e. The Morgan fingerprint density at radius 1 is 1.48 bits per heavy atom. The highest BCUT2D eigenvalue weighted by molar-refractivity contribution is 7.10. The third-order valence-electron chi connectivity index (χ3n) is 3.24. The molecule has 21 heavy (non-hydrogen) atoms. The third kappa shape index (κ3) is 6.10. The van der Waals surface area contributed by atoms with Gasteiger partial charge in [-0.2, -0.15) is 0 Å². The molecular formula is C13H23Cl2N3O2S. The van der Waals surface area contributed by atoms with Gasteiger partial charge in [0, 0.05) is 24.5 Å². The molecule has 0 bridgehead atoms. The van der Waals surface area contributed by atoms with E-state index >= 15 is 0 Å². The average molecular weight is 356 g/mol. The number of rotatable bonds is 5. The third-order valence-corrected chi connectivity index (χ3v) is 4.21. The van der Waals surface area contributed by atoms with Crippen molar-refractivity contribution in [2.24, 2.45) is 5.73 Å². The molecule has 2 heterocycles. The quantitative estimate of drug-likeness (QED) is 0.838. The van der Waals surface area contributed by atoms with Gasteiger partial charge in [0.2, 0.25) is 5.91 Å². The minimum absolute atomic E-state index is 0. The van der Waals surface area contributed by atoms with Gasteiger partial charge in [-0.25, -0.2) is 0 Å². The summed E-state index contributed by atoms with van der Waals surface area (Å²) in [5, 5.41) is 4.99. The summed E-state index contributed by atoms with van der Waals surface area (Å²) in [6.45, 7) is 5.60. The van der Waals surface area contributed by atoms with Gasteiger partial charge >= 0.3 is 0 Å². The number of nitrogens with zero attached hydrogens (tertiary/aromatic N) is 1. The van der Waals surface area contributed by atoms with Crippen LogP contribution in [0.3, 0.4) is 0 Å². The van der Waals surface area contributed by atoms with Gasteiger partial charge in [0.05, 0.1) is 25.3 Å². The Hall–Kier alpha value is -0.370. The fourth-order valence-corrected chi connectivity index (χ4v) is 3.00. The monoisotopic (exact) mass is 355 g/mol. The molecule has 2 rings (SSSR count). The van der Waals surface area contributed by atoms with Crippen molar-refractivity contribution in [2.45, 2.75) is 19.0 Å². The zero-order chi connectivity index (χ0) is 13.7. The van der Waals surface area contributed by atoms with Gasteiger partial charge in [0.1, 0.15) is 0 Å². The summed E-state index contributed by atoms with van der Waals surface area (Å²) in [6, 6.07) is 3.91. The topological polar surface area (TPSA) is 67.6 Å². The van der Waals surface area contributed by atoms with Crippen LogP contribution in [0.15, 0.2) is 17.5 Å². The van der Waals surface area contributed by atoms with E-state index in [0.29, 0.717) is 6.54 Å². The number of nitrogens with two attached hydrogens (primary N) is 1. The molecule has 1 aromatic rings. The molecule has 1 saturated heterocycles. The first-order valence-corrected chi connectivity index (χ1v) is 7.45. The van der Waals surface area contributed by atoms with Crippen LogP contribution < -0.4 is 11.1 Å². The number of thiophene rings is 1. The number of carbonyl (C=O) groups is 1. The van der Waals surface area contributed by atoms with Crippen LogP contribution in [-0.4, -0.2) is 49.7 Å². The summed E-state index contributed by atoms with van der Waals surface area (Å²) in [5.74, 6) is -0.102. The second-order valence-electron chi connectivity index (χ2n) is 4.71. The number of morpholine rings is 1. The minimum Gasteiger partial charge on any atom is -0.379 e. The Balaban J connectivity index is 0.00000200. The Morgan fingerprint density at radius 3 is 2.67 bits per heavy atom. The lowest BCUT2D eigenvalue weighted by molar-refractivity contribution is -0.122. The molecule has 1 amide bonds. The van der Waals surface area contributed by atoms with E-state index in [-0.39, 0.29) is 36.8 Å². The number of ether oxygens (including phenoxy) is 1. The van der Waals surface area contributed by atoms with E-state index in [4.69, 9.17) is 10.5 Å². The van der Waals surface area contributed by atoms with Crippen molar-refractivity contribution >= 4 is 42.1 Å². The molecule has 1 fully saturated rings. The average Bonchev–Trinajstić information content (AvgIpc) is 2.94. The zero-order valence-electron chi connectivity index (χ0n) is 12.0. The Labute approximate surface area is 142 Å². The maximum atomic E-state index is 11.6. The molecule has 1 aromatic heterocycles. The first-order valence-electron chi connectivity index (χ1n) is 6.57. The Kier molecular flexibility index (Phi) is 10.2. The fraction of sp³-hybridized carbons (Fsp3) is 0.615. The lowest BCUT2D eigenvalue weighted by Gasteiger charge is -2.34. The van der Waals surface area contributed by atoms with Crippen LogP contribution in [-0.2, 0) is 9.53 Å². The smallest absolute Gasteiger partial charge is 0.236 e. The van der Waals surface area contributed by atoms with Gasteiger partial charge in [0.15, 0.2) is 0 Å². The molecule has 122 valence electrons. The van der Waals surface area contributed by atoms with Crippen LogP contribution in [0.1, 0.15) is 17.8 Å². The fourth-order valence-electron chi connectivity index (χ4n) is 2.14. The van der Waals surface area contributed by atoms with Crippen LogP contribution in [0.2, 0.25) is 0 Å². The van der Waals surface area contributed by atoms with Crippen molar-refractivity contribution < 1.29 is 9.53 Å². The second-order valence-corrected chi connectivity index (χ2v) is 5.69. The van der Waals surface area contributed by atoms with Gasteiger partial charge in [0.25, 0.3) is 0 Å². The summed E-state index contributed by atoms with van der Waals surface area (Å²) in [6.07, 6.45) is 0. The van der Waals surface area contributed by atoms with Crippen molar-refractivity contribution in [3.8, 4) is 0 Å². The minimum atomic E-state index is -0.464. The number of hydrogen-bond acceptors (Lipinski definition) is 5. The number of hydrogen-bond donors (Lipinski definition) is 2. The summed E-state index contributed by atoms with van der Waals surface area (Å²) >= 11 is 1.72. The van der Waals surface area contributed by atoms with E-state index in [1.807, 2.05) is 6.07 Å². The van der Waals surface area contributed by atoms with E-state index in [1.165, 1.54) is 4.88 Å². The van der Waals surface area contributed by atoms with E-state index in [9.17, 15) is 4.79 Å². The predicted molar refractivity (Wildman–Crippen MR) is 90.6 cm³/mol. The molecule has 0 aromatic carbocycles. The normalized spacial score (nSPS) is 18.0. The van der Waals surface area contributed by atoms with Crippen molar-refractivity contribution in [1.82, 2.24) is 10.2 Å². The van der Waals surface area contributed by atoms with Gasteiger partial charge in [-0.1, -0.05) is 6.07 Å². The van der Waals surface area contributed by atoms with Crippen LogP contribution in [0.5, 0.6) is 0 Å². The van der Waals surface area contributed by atoms with Gasteiger partial charge in [-0.15, -0.1) is 36.2 Å². The maximum absolute atomic E-state index is 11.6. The van der Waals surface area contributed by atoms with Crippen molar-refractivity contribution in [2.75, 3.05) is 32.8 Å². The number of nitrogens with one attached hydrogen (secondary N) is 1. The molecule has 0 spiro atoms. The second kappa shape index (κ2) is 10.4. The SMILES string of the molecule is C[C@H](N)C(=O)NCC(c1cccs1)N1CCOCC1.Cl.Cl. The highest BCUT2D eigenvalue weighted by Crippen LogP contribution is 2.25. The van der Waals surface area contributed by atoms with Crippen molar-refractivity contribution in [3.63, 3.8) is 0 Å². The largest absolute Gasteiger partial charge is 0.379 e. The summed E-state index contributed by atoms with van der Waals surface area (Å²) in [4.78, 5) is 15.3. The molecule has 0 aliphatic carbocycles. The molecule has 0 saturated carbocycles. The van der Waals surface area contributed by atoms with Gasteiger partial charge in [-0.05, 0) is 18.4 Å². The molecule has 2 atom stereocenters. The van der Waals surface area contributed by atoms with Gasteiger partial charge < -0.3 is 15.8 Å². The highest BCUT2D eigenvalue weighted by atomic mass is 35.5. The number of amides is 1. The molecule has 5 nitrogen and oxygen atoms in total. The molecule has 1 aliphatic heterocycles. The lowest BCUT2D eigenvalue weighted by Crippen LogP contribution is -2.46. The Bertz CT molecular complexity index is 398. The van der Waals surface area contributed by atoms with Crippen LogP contribution >= 0.6 is 36.2 Å². The molecule has 1 aliphatic rings. The summed E-state index contributed by atoms with van der Waals surface area (Å²) in [7, 11) is 0. The molecule has 1 unspecified atom stereocenters. The number of halogens is 2. The molecular weight excluding hydrogens is 333 g/mol. The first kappa shape index (κ1) is 20.6. The Morgan fingerprint density at radius 2 is 2.14 bits per heavy atom. The molecule has 8 heteroatoms. The lowest BCUT2D eigenvalue weighted by atomic mass is 10.2. The van der Waals surface area contributed by atoms with Crippen LogP contribution in [0.25, 0.3) is 0 Å². The van der Waals surface area contributed by atoms with E-state index in [2.05, 4.69) is 21.7 Å². The number of carbonyl (C=O) groups excluding carboxylic acids is 1. The zero-order valence-corrected chi connectivity index (χ0v) is 14.4. The summed E-state index contributed by atoms with van der Waals surface area (Å²) in [5.41, 5.74) is 5.58. The highest BCUT2D eigenvalue weighted by Gasteiger charge is 2.24. The van der Waals surface area contributed by atoms with E-state index < -0.39 is 6.04 Å². The van der Waals surface area contributed by atoms with E-state index in [0.717, 1.165) is 26.3 Å². The van der Waals surface area contributed by atoms with Crippen LogP contribution in [0.4, 0.5) is 0 Å². The standard InChI is InChI=1S/C13H21N3O2S.2ClH/c1-10(14)13(17)15-9-11(12-3-2-8-19-12)16-4-6-18-7-5-16;;/h2-3,8,10-11H,4-7,9,14H2,1H3,(H,15,17);2*1H/t10-,11?;;/m0../s1.